The minimum Gasteiger partial charge on any atom is -0.374 e. The van der Waals surface area contributed by atoms with Crippen LogP contribution in [0.2, 0.25) is 0 Å². The van der Waals surface area contributed by atoms with Crippen LogP contribution in [0.1, 0.15) is 27.2 Å². The van der Waals surface area contributed by atoms with Crippen molar-refractivity contribution in [2.24, 2.45) is 11.7 Å². The fraction of sp³-hybridized carbons (Fsp3) is 1.00. The van der Waals surface area contributed by atoms with Gasteiger partial charge in [0, 0.05) is 6.61 Å². The molecule has 1 aliphatic heterocycles. The molecule has 1 heterocycles. The van der Waals surface area contributed by atoms with Crippen LogP contribution >= 0.6 is 0 Å². The van der Waals surface area contributed by atoms with Crippen LogP contribution in [-0.2, 0) is 9.47 Å². The molecule has 0 radical (unpaired) electrons. The molecular formula is C10H21NO2. The van der Waals surface area contributed by atoms with Gasteiger partial charge < -0.3 is 15.2 Å². The number of hydrogen-bond donors (Lipinski definition) is 1. The third kappa shape index (κ3) is 2.42. The molecule has 3 nitrogen and oxygen atoms in total. The van der Waals surface area contributed by atoms with E-state index in [0.29, 0.717) is 19.1 Å². The minimum absolute atomic E-state index is 0.0546. The van der Waals surface area contributed by atoms with E-state index >= 15 is 0 Å². The standard InChI is InChI=1S/C10H21NO2/c1-4-7(3)9-10(12-5-2)8(11)6-13-9/h7-10H,4-6,11H2,1-3H3. The second-order valence-electron chi connectivity index (χ2n) is 3.77. The first-order chi connectivity index (χ1) is 6.20. The Morgan fingerprint density at radius 1 is 1.54 bits per heavy atom. The first kappa shape index (κ1) is 11.0. The molecule has 1 fully saturated rings. The van der Waals surface area contributed by atoms with E-state index in [4.69, 9.17) is 15.2 Å². The molecule has 1 aliphatic rings. The van der Waals surface area contributed by atoms with E-state index in [1.165, 1.54) is 0 Å². The summed E-state index contributed by atoms with van der Waals surface area (Å²) in [4.78, 5) is 0. The molecule has 0 aromatic rings. The highest BCUT2D eigenvalue weighted by atomic mass is 16.6. The maximum Gasteiger partial charge on any atom is 0.101 e. The lowest BCUT2D eigenvalue weighted by atomic mass is 9.96. The van der Waals surface area contributed by atoms with Crippen LogP contribution in [0, 0.1) is 5.92 Å². The number of ether oxygens (including phenoxy) is 2. The Hall–Kier alpha value is -0.120. The average Bonchev–Trinajstić information content (AvgIpc) is 2.48. The zero-order valence-corrected chi connectivity index (χ0v) is 8.82. The highest BCUT2D eigenvalue weighted by Crippen LogP contribution is 2.24. The summed E-state index contributed by atoms with van der Waals surface area (Å²) in [6.07, 6.45) is 1.40. The summed E-state index contributed by atoms with van der Waals surface area (Å²) in [5.74, 6) is 0.532. The van der Waals surface area contributed by atoms with Gasteiger partial charge in [-0.2, -0.15) is 0 Å². The van der Waals surface area contributed by atoms with E-state index in [2.05, 4.69) is 13.8 Å². The quantitative estimate of drug-likeness (QED) is 0.718. The Balaban J connectivity index is 2.52. The summed E-state index contributed by atoms with van der Waals surface area (Å²) in [5.41, 5.74) is 5.90. The van der Waals surface area contributed by atoms with Crippen LogP contribution in [0.3, 0.4) is 0 Å². The van der Waals surface area contributed by atoms with E-state index in [1.807, 2.05) is 6.92 Å². The fourth-order valence-corrected chi connectivity index (χ4v) is 1.79. The SMILES string of the molecule is CCOC1C(N)COC1C(C)CC. The molecule has 4 unspecified atom stereocenters. The van der Waals surface area contributed by atoms with Gasteiger partial charge >= 0.3 is 0 Å². The van der Waals surface area contributed by atoms with Crippen LogP contribution in [0.4, 0.5) is 0 Å². The van der Waals surface area contributed by atoms with Gasteiger partial charge in [0.2, 0.25) is 0 Å². The zero-order valence-electron chi connectivity index (χ0n) is 8.82. The summed E-state index contributed by atoms with van der Waals surface area (Å²) in [6.45, 7) is 7.71. The van der Waals surface area contributed by atoms with Crippen LogP contribution in [-0.4, -0.2) is 31.5 Å². The molecule has 0 bridgehead atoms. The molecule has 0 aromatic carbocycles. The molecule has 2 N–H and O–H groups in total. The Morgan fingerprint density at radius 2 is 2.23 bits per heavy atom. The van der Waals surface area contributed by atoms with Crippen molar-refractivity contribution in [1.29, 1.82) is 0 Å². The summed E-state index contributed by atoms with van der Waals surface area (Å²) in [7, 11) is 0. The second kappa shape index (κ2) is 4.94. The fourth-order valence-electron chi connectivity index (χ4n) is 1.79. The molecular weight excluding hydrogens is 166 g/mol. The Labute approximate surface area is 80.6 Å². The number of rotatable bonds is 4. The van der Waals surface area contributed by atoms with Gasteiger partial charge in [0.15, 0.2) is 0 Å². The predicted molar refractivity (Wildman–Crippen MR) is 52.6 cm³/mol. The molecule has 78 valence electrons. The van der Waals surface area contributed by atoms with Gasteiger partial charge in [0.25, 0.3) is 0 Å². The van der Waals surface area contributed by atoms with Gasteiger partial charge in [-0.15, -0.1) is 0 Å². The average molecular weight is 187 g/mol. The Kier molecular flexibility index (Phi) is 4.16. The summed E-state index contributed by atoms with van der Waals surface area (Å²) >= 11 is 0. The molecule has 13 heavy (non-hydrogen) atoms. The third-order valence-electron chi connectivity index (χ3n) is 2.79. The monoisotopic (exact) mass is 187 g/mol. The minimum atomic E-state index is 0.0546. The van der Waals surface area contributed by atoms with Gasteiger partial charge in [0.05, 0.1) is 18.8 Å². The number of nitrogens with two attached hydrogens (primary N) is 1. The highest BCUT2D eigenvalue weighted by Gasteiger charge is 2.38. The largest absolute Gasteiger partial charge is 0.374 e. The van der Waals surface area contributed by atoms with Crippen LogP contribution in [0.15, 0.2) is 0 Å². The van der Waals surface area contributed by atoms with Gasteiger partial charge in [-0.1, -0.05) is 20.3 Å². The normalized spacial score (nSPS) is 36.5. The van der Waals surface area contributed by atoms with Crippen molar-refractivity contribution in [2.45, 2.75) is 45.4 Å². The third-order valence-corrected chi connectivity index (χ3v) is 2.79. The molecule has 0 spiro atoms. The summed E-state index contributed by atoms with van der Waals surface area (Å²) in [5, 5.41) is 0. The lowest BCUT2D eigenvalue weighted by Crippen LogP contribution is -2.41. The van der Waals surface area contributed by atoms with Crippen molar-refractivity contribution < 1.29 is 9.47 Å². The maximum atomic E-state index is 5.90. The maximum absolute atomic E-state index is 5.90. The van der Waals surface area contributed by atoms with Gasteiger partial charge in [-0.05, 0) is 12.8 Å². The van der Waals surface area contributed by atoms with E-state index in [0.717, 1.165) is 6.42 Å². The molecule has 0 saturated carbocycles. The van der Waals surface area contributed by atoms with Crippen molar-refractivity contribution >= 4 is 0 Å². The lowest BCUT2D eigenvalue weighted by Gasteiger charge is -2.25. The highest BCUT2D eigenvalue weighted by molar-refractivity contribution is 4.89. The number of hydrogen-bond acceptors (Lipinski definition) is 3. The van der Waals surface area contributed by atoms with E-state index in [-0.39, 0.29) is 18.2 Å². The zero-order chi connectivity index (χ0) is 9.84. The van der Waals surface area contributed by atoms with Gasteiger partial charge in [-0.25, -0.2) is 0 Å². The van der Waals surface area contributed by atoms with Crippen molar-refractivity contribution in [3.8, 4) is 0 Å². The van der Waals surface area contributed by atoms with Crippen LogP contribution in [0.5, 0.6) is 0 Å². The first-order valence-electron chi connectivity index (χ1n) is 5.19. The summed E-state index contributed by atoms with van der Waals surface area (Å²) in [6, 6.07) is 0.0546. The predicted octanol–water partition coefficient (Wildman–Crippen LogP) is 1.16. The van der Waals surface area contributed by atoms with E-state index < -0.39 is 0 Å². The van der Waals surface area contributed by atoms with Crippen molar-refractivity contribution in [2.75, 3.05) is 13.2 Å². The van der Waals surface area contributed by atoms with Crippen molar-refractivity contribution in [3.63, 3.8) is 0 Å². The molecule has 1 rings (SSSR count). The van der Waals surface area contributed by atoms with Gasteiger partial charge in [0.1, 0.15) is 6.10 Å². The molecule has 4 atom stereocenters. The second-order valence-corrected chi connectivity index (χ2v) is 3.77. The summed E-state index contributed by atoms with van der Waals surface area (Å²) < 4.78 is 11.2. The molecule has 0 amide bonds. The van der Waals surface area contributed by atoms with E-state index in [1.54, 1.807) is 0 Å². The smallest absolute Gasteiger partial charge is 0.101 e. The molecule has 0 aromatic heterocycles. The van der Waals surface area contributed by atoms with Crippen molar-refractivity contribution in [3.05, 3.63) is 0 Å². The topological polar surface area (TPSA) is 44.5 Å². The molecule has 3 heteroatoms. The lowest BCUT2D eigenvalue weighted by molar-refractivity contribution is -0.0318. The van der Waals surface area contributed by atoms with Crippen LogP contribution in [0.25, 0.3) is 0 Å². The molecule has 1 saturated heterocycles. The van der Waals surface area contributed by atoms with Crippen molar-refractivity contribution in [1.82, 2.24) is 0 Å². The Morgan fingerprint density at radius 3 is 2.77 bits per heavy atom. The molecule has 0 aliphatic carbocycles. The van der Waals surface area contributed by atoms with Gasteiger partial charge in [-0.3, -0.25) is 0 Å². The van der Waals surface area contributed by atoms with Crippen LogP contribution < -0.4 is 5.73 Å². The Bertz CT molecular complexity index is 150. The first-order valence-corrected chi connectivity index (χ1v) is 5.19. The van der Waals surface area contributed by atoms with E-state index in [9.17, 15) is 0 Å².